The number of carbonyl (C=O) groups is 3. The average Bonchev–Trinajstić information content (AvgIpc) is 3.11. The molecule has 2 N–H and O–H groups in total. The Morgan fingerprint density at radius 2 is 2.00 bits per heavy atom. The van der Waals surface area contributed by atoms with Crippen molar-refractivity contribution in [2.24, 2.45) is 0 Å². The molecule has 1 atom stereocenters. The lowest BCUT2D eigenvalue weighted by Gasteiger charge is -2.18. The third kappa shape index (κ3) is 2.74. The summed E-state index contributed by atoms with van der Waals surface area (Å²) in [5, 5.41) is 6.02. The van der Waals surface area contributed by atoms with Crippen molar-refractivity contribution < 1.29 is 14.4 Å². The number of rotatable bonds is 3. The second kappa shape index (κ2) is 5.88. The number of amides is 3. The van der Waals surface area contributed by atoms with E-state index in [1.165, 1.54) is 4.90 Å². The molecule has 116 valence electrons. The summed E-state index contributed by atoms with van der Waals surface area (Å²) in [7, 11) is 0. The first-order valence-corrected chi connectivity index (χ1v) is 7.57. The molecular weight excluding hydrogens is 282 g/mol. The zero-order valence-electron chi connectivity index (χ0n) is 12.5. The summed E-state index contributed by atoms with van der Waals surface area (Å²) in [5.74, 6) is -0.377. The molecule has 3 rings (SSSR count). The summed E-state index contributed by atoms with van der Waals surface area (Å²) in [6, 6.07) is 5.10. The zero-order valence-corrected chi connectivity index (χ0v) is 12.5. The van der Waals surface area contributed by atoms with E-state index in [1.54, 1.807) is 18.2 Å². The Labute approximate surface area is 128 Å². The highest BCUT2D eigenvalue weighted by atomic mass is 16.2. The van der Waals surface area contributed by atoms with Crippen LogP contribution in [0.2, 0.25) is 0 Å². The predicted octanol–water partition coefficient (Wildman–Crippen LogP) is 1.34. The second-order valence-corrected chi connectivity index (χ2v) is 5.76. The van der Waals surface area contributed by atoms with Crippen LogP contribution in [0.15, 0.2) is 18.2 Å². The van der Waals surface area contributed by atoms with E-state index in [-0.39, 0.29) is 36.6 Å². The van der Waals surface area contributed by atoms with Crippen molar-refractivity contribution in [3.8, 4) is 0 Å². The lowest BCUT2D eigenvalue weighted by molar-refractivity contribution is -0.121. The fraction of sp³-hybridized carbons (Fsp3) is 0.438. The molecule has 0 bridgehead atoms. The molecule has 0 aromatic heterocycles. The van der Waals surface area contributed by atoms with Gasteiger partial charge in [0.2, 0.25) is 17.7 Å². The number of nitrogens with one attached hydrogen (secondary N) is 2. The lowest BCUT2D eigenvalue weighted by atomic mass is 10.1. The molecule has 3 amide bonds. The Kier molecular flexibility index (Phi) is 3.94. The third-order valence-electron chi connectivity index (χ3n) is 4.13. The van der Waals surface area contributed by atoms with E-state index in [2.05, 4.69) is 10.6 Å². The summed E-state index contributed by atoms with van der Waals surface area (Å²) in [4.78, 5) is 36.9. The van der Waals surface area contributed by atoms with Crippen LogP contribution in [0, 0.1) is 6.92 Å². The molecular formula is C16H19N3O3. The zero-order chi connectivity index (χ0) is 15.7. The third-order valence-corrected chi connectivity index (χ3v) is 4.13. The molecule has 2 aliphatic rings. The van der Waals surface area contributed by atoms with Gasteiger partial charge in [-0.25, -0.2) is 0 Å². The van der Waals surface area contributed by atoms with Gasteiger partial charge in [-0.15, -0.1) is 0 Å². The van der Waals surface area contributed by atoms with E-state index < -0.39 is 0 Å². The van der Waals surface area contributed by atoms with Gasteiger partial charge in [0.25, 0.3) is 0 Å². The van der Waals surface area contributed by atoms with Crippen LogP contribution in [0.1, 0.15) is 31.2 Å². The van der Waals surface area contributed by atoms with Crippen molar-refractivity contribution in [2.75, 3.05) is 16.8 Å². The molecule has 6 heteroatoms. The van der Waals surface area contributed by atoms with Crippen molar-refractivity contribution in [2.45, 2.75) is 38.6 Å². The molecule has 1 aromatic carbocycles. The minimum atomic E-state index is -0.167. The number of benzene rings is 1. The van der Waals surface area contributed by atoms with Crippen molar-refractivity contribution >= 4 is 29.1 Å². The van der Waals surface area contributed by atoms with Crippen LogP contribution >= 0.6 is 0 Å². The molecule has 1 unspecified atom stereocenters. The van der Waals surface area contributed by atoms with Crippen LogP contribution in [0.25, 0.3) is 0 Å². The lowest BCUT2D eigenvalue weighted by Crippen LogP contribution is -2.35. The first kappa shape index (κ1) is 14.7. The smallest absolute Gasteiger partial charge is 0.241 e. The molecule has 2 aliphatic heterocycles. The van der Waals surface area contributed by atoms with Gasteiger partial charge in [-0.1, -0.05) is 0 Å². The molecule has 2 saturated heterocycles. The normalized spacial score (nSPS) is 21.5. The average molecular weight is 301 g/mol. The quantitative estimate of drug-likeness (QED) is 0.826. The van der Waals surface area contributed by atoms with Gasteiger partial charge in [0.05, 0.1) is 11.7 Å². The van der Waals surface area contributed by atoms with Gasteiger partial charge in [0, 0.05) is 18.5 Å². The molecule has 22 heavy (non-hydrogen) atoms. The van der Waals surface area contributed by atoms with E-state index >= 15 is 0 Å². The minimum Gasteiger partial charge on any atom is -0.325 e. The summed E-state index contributed by atoms with van der Waals surface area (Å²) in [6.07, 6.45) is 2.39. The van der Waals surface area contributed by atoms with E-state index in [4.69, 9.17) is 0 Å². The van der Waals surface area contributed by atoms with E-state index in [9.17, 15) is 14.4 Å². The monoisotopic (exact) mass is 301 g/mol. The van der Waals surface area contributed by atoms with E-state index in [0.717, 1.165) is 24.9 Å². The number of anilines is 2. The Balaban J connectivity index is 1.76. The SMILES string of the molecule is Cc1cc(NC(=O)C2CCCN2)ccc1N1C(=O)CCC1=O. The maximum Gasteiger partial charge on any atom is 0.241 e. The maximum absolute atomic E-state index is 12.1. The molecule has 0 radical (unpaired) electrons. The van der Waals surface area contributed by atoms with Crippen LogP contribution in [0.4, 0.5) is 11.4 Å². The van der Waals surface area contributed by atoms with Crippen LogP contribution in [0.5, 0.6) is 0 Å². The number of nitrogens with zero attached hydrogens (tertiary/aromatic N) is 1. The predicted molar refractivity (Wildman–Crippen MR) is 82.6 cm³/mol. The van der Waals surface area contributed by atoms with Crippen LogP contribution in [-0.2, 0) is 14.4 Å². The molecule has 0 spiro atoms. The van der Waals surface area contributed by atoms with Crippen LogP contribution in [0.3, 0.4) is 0 Å². The first-order chi connectivity index (χ1) is 10.6. The fourth-order valence-electron chi connectivity index (χ4n) is 2.97. The largest absolute Gasteiger partial charge is 0.325 e. The van der Waals surface area contributed by atoms with E-state index in [0.29, 0.717) is 11.4 Å². The van der Waals surface area contributed by atoms with Gasteiger partial charge in [-0.05, 0) is 50.1 Å². The maximum atomic E-state index is 12.1. The molecule has 6 nitrogen and oxygen atoms in total. The van der Waals surface area contributed by atoms with Gasteiger partial charge in [-0.2, -0.15) is 0 Å². The molecule has 0 saturated carbocycles. The standard InChI is InChI=1S/C16H19N3O3/c1-10-9-11(18-16(22)12-3-2-8-17-12)4-5-13(10)19-14(20)6-7-15(19)21/h4-5,9,12,17H,2-3,6-8H2,1H3,(H,18,22). The Morgan fingerprint density at radius 1 is 1.27 bits per heavy atom. The van der Waals surface area contributed by atoms with Gasteiger partial charge < -0.3 is 10.6 Å². The van der Waals surface area contributed by atoms with Crippen LogP contribution < -0.4 is 15.5 Å². The topological polar surface area (TPSA) is 78.5 Å². The second-order valence-electron chi connectivity index (χ2n) is 5.76. The minimum absolute atomic E-state index is 0.0435. The molecule has 2 heterocycles. The van der Waals surface area contributed by atoms with Crippen molar-refractivity contribution in [3.63, 3.8) is 0 Å². The molecule has 0 aliphatic carbocycles. The highest BCUT2D eigenvalue weighted by Gasteiger charge is 2.31. The Hall–Kier alpha value is -2.21. The summed E-state index contributed by atoms with van der Waals surface area (Å²) in [6.45, 7) is 2.70. The van der Waals surface area contributed by atoms with Gasteiger partial charge in [0.1, 0.15) is 0 Å². The Bertz CT molecular complexity index is 620. The fourth-order valence-corrected chi connectivity index (χ4v) is 2.97. The summed E-state index contributed by atoms with van der Waals surface area (Å²) < 4.78 is 0. The first-order valence-electron chi connectivity index (χ1n) is 7.57. The van der Waals surface area contributed by atoms with Crippen molar-refractivity contribution in [1.29, 1.82) is 0 Å². The highest BCUT2D eigenvalue weighted by molar-refractivity contribution is 6.20. The number of carbonyl (C=O) groups excluding carboxylic acids is 3. The van der Waals surface area contributed by atoms with Gasteiger partial charge in [0.15, 0.2) is 0 Å². The van der Waals surface area contributed by atoms with Gasteiger partial charge in [-0.3, -0.25) is 19.3 Å². The van der Waals surface area contributed by atoms with Gasteiger partial charge >= 0.3 is 0 Å². The summed E-state index contributed by atoms with van der Waals surface area (Å²) >= 11 is 0. The number of aryl methyl sites for hydroxylation is 1. The van der Waals surface area contributed by atoms with Crippen LogP contribution in [-0.4, -0.2) is 30.3 Å². The molecule has 1 aromatic rings. The number of imide groups is 1. The molecule has 2 fully saturated rings. The number of hydrogen-bond acceptors (Lipinski definition) is 4. The van der Waals surface area contributed by atoms with E-state index in [1.807, 2.05) is 6.92 Å². The number of hydrogen-bond donors (Lipinski definition) is 2. The highest BCUT2D eigenvalue weighted by Crippen LogP contribution is 2.28. The van der Waals surface area contributed by atoms with Crippen molar-refractivity contribution in [3.05, 3.63) is 23.8 Å². The Morgan fingerprint density at radius 3 is 2.59 bits per heavy atom. The summed E-state index contributed by atoms with van der Waals surface area (Å²) in [5.41, 5.74) is 2.07. The van der Waals surface area contributed by atoms with Crippen molar-refractivity contribution in [1.82, 2.24) is 5.32 Å².